The van der Waals surface area contributed by atoms with Gasteiger partial charge in [-0.3, -0.25) is 0 Å². The van der Waals surface area contributed by atoms with Gasteiger partial charge in [-0.2, -0.15) is 0 Å². The molecule has 33 heavy (non-hydrogen) atoms. The second-order valence-electron chi connectivity index (χ2n) is 9.04. The molecule has 0 aliphatic carbocycles. The fraction of sp³-hybridized carbons (Fsp3) is 0.414. The number of phenols is 2. The lowest BCUT2D eigenvalue weighted by Gasteiger charge is -2.14. The number of phenolic OH excluding ortho intramolecular Hbond substituents is 2. The molecule has 0 radical (unpaired) electrons. The van der Waals surface area contributed by atoms with Gasteiger partial charge in [-0.05, 0) is 82.9 Å². The SMILES string of the molecule is CC(C)=CCC/C(C)=C/Cc1c(C(=O)O)cc(CCCCCCc2ccccc2)c(O)c1O. The van der Waals surface area contributed by atoms with E-state index in [2.05, 4.69) is 44.2 Å². The molecule has 0 atom stereocenters. The molecule has 0 heterocycles. The quantitative estimate of drug-likeness (QED) is 0.169. The van der Waals surface area contributed by atoms with E-state index in [0.29, 0.717) is 12.0 Å². The fourth-order valence-corrected chi connectivity index (χ4v) is 3.95. The molecule has 0 bridgehead atoms. The van der Waals surface area contributed by atoms with Gasteiger partial charge in [0.2, 0.25) is 0 Å². The standard InChI is InChI=1S/C29H38O4/c1-21(2)12-11-13-22(3)18-19-25-26(29(32)33)20-24(27(30)28(25)31)17-10-5-4-7-14-23-15-8-6-9-16-23/h6,8-9,12,15-16,18,20,30-31H,4-5,7,10-11,13-14,17,19H2,1-3H3,(H,32,33)/b22-18+. The summed E-state index contributed by atoms with van der Waals surface area (Å²) in [5.74, 6) is -1.57. The molecule has 0 amide bonds. The normalized spacial score (nSPS) is 11.4. The van der Waals surface area contributed by atoms with Crippen LogP contribution < -0.4 is 0 Å². The summed E-state index contributed by atoms with van der Waals surface area (Å²) in [6, 6.07) is 11.9. The van der Waals surface area contributed by atoms with E-state index in [9.17, 15) is 20.1 Å². The first kappa shape index (κ1) is 26.2. The Labute approximate surface area is 198 Å². The molecule has 0 fully saturated rings. The maximum absolute atomic E-state index is 11.9. The first-order chi connectivity index (χ1) is 15.8. The highest BCUT2D eigenvalue weighted by Crippen LogP contribution is 2.37. The monoisotopic (exact) mass is 450 g/mol. The maximum Gasteiger partial charge on any atom is 0.336 e. The Bertz CT molecular complexity index is 967. The average Bonchev–Trinajstić information content (AvgIpc) is 2.78. The van der Waals surface area contributed by atoms with E-state index in [1.807, 2.05) is 19.1 Å². The van der Waals surface area contributed by atoms with Gasteiger partial charge in [0.1, 0.15) is 0 Å². The van der Waals surface area contributed by atoms with Crippen molar-refractivity contribution in [2.75, 3.05) is 0 Å². The fourth-order valence-electron chi connectivity index (χ4n) is 3.95. The number of aryl methyl sites for hydroxylation is 2. The minimum absolute atomic E-state index is 0.0673. The van der Waals surface area contributed by atoms with Gasteiger partial charge in [-0.15, -0.1) is 0 Å². The van der Waals surface area contributed by atoms with Crippen LogP contribution in [0.4, 0.5) is 0 Å². The first-order valence-electron chi connectivity index (χ1n) is 11.9. The number of aromatic carboxylic acids is 1. The summed E-state index contributed by atoms with van der Waals surface area (Å²) >= 11 is 0. The Morgan fingerprint density at radius 3 is 2.18 bits per heavy atom. The van der Waals surface area contributed by atoms with Gasteiger partial charge >= 0.3 is 5.97 Å². The van der Waals surface area contributed by atoms with E-state index < -0.39 is 5.97 Å². The molecule has 178 valence electrons. The summed E-state index contributed by atoms with van der Waals surface area (Å²) in [5, 5.41) is 30.8. The zero-order chi connectivity index (χ0) is 24.2. The molecule has 0 aliphatic rings. The predicted molar refractivity (Wildman–Crippen MR) is 135 cm³/mol. The number of allylic oxidation sites excluding steroid dienone is 4. The Kier molecular flexibility index (Phi) is 10.8. The Morgan fingerprint density at radius 1 is 0.879 bits per heavy atom. The smallest absolute Gasteiger partial charge is 0.336 e. The molecule has 0 saturated heterocycles. The van der Waals surface area contributed by atoms with E-state index in [-0.39, 0.29) is 29.0 Å². The van der Waals surface area contributed by atoms with Crippen molar-refractivity contribution < 1.29 is 20.1 Å². The summed E-state index contributed by atoms with van der Waals surface area (Å²) in [6.45, 7) is 6.12. The summed E-state index contributed by atoms with van der Waals surface area (Å²) in [7, 11) is 0. The molecule has 0 unspecified atom stereocenters. The molecular weight excluding hydrogens is 412 g/mol. The molecular formula is C29H38O4. The van der Waals surface area contributed by atoms with Gasteiger partial charge in [-0.25, -0.2) is 4.79 Å². The van der Waals surface area contributed by atoms with E-state index in [0.717, 1.165) is 50.5 Å². The van der Waals surface area contributed by atoms with Crippen molar-refractivity contribution in [3.63, 3.8) is 0 Å². The lowest BCUT2D eigenvalue weighted by molar-refractivity contribution is 0.0695. The van der Waals surface area contributed by atoms with Crippen LogP contribution in [0.5, 0.6) is 11.5 Å². The highest BCUT2D eigenvalue weighted by molar-refractivity contribution is 5.91. The Balaban J connectivity index is 1.97. The third-order valence-electron chi connectivity index (χ3n) is 5.94. The highest BCUT2D eigenvalue weighted by atomic mass is 16.4. The van der Waals surface area contributed by atoms with Gasteiger partial charge in [0, 0.05) is 5.56 Å². The topological polar surface area (TPSA) is 77.8 Å². The number of benzene rings is 2. The third-order valence-corrected chi connectivity index (χ3v) is 5.94. The maximum atomic E-state index is 11.9. The number of carboxylic acids is 1. The zero-order valence-corrected chi connectivity index (χ0v) is 20.2. The third kappa shape index (κ3) is 8.80. The number of carbonyl (C=O) groups is 1. The molecule has 2 rings (SSSR count). The lowest BCUT2D eigenvalue weighted by atomic mass is 9.95. The van der Waals surface area contributed by atoms with Crippen molar-refractivity contribution in [1.29, 1.82) is 0 Å². The van der Waals surface area contributed by atoms with Crippen LogP contribution in [0.15, 0.2) is 59.7 Å². The molecule has 0 aliphatic heterocycles. The Hall–Kier alpha value is -3.01. The predicted octanol–water partition coefficient (Wildman–Crippen LogP) is 7.38. The van der Waals surface area contributed by atoms with Gasteiger partial charge in [-0.1, -0.05) is 66.5 Å². The van der Waals surface area contributed by atoms with Crippen LogP contribution >= 0.6 is 0 Å². The number of carboxylic acid groups (broad SMARTS) is 1. The largest absolute Gasteiger partial charge is 0.504 e. The van der Waals surface area contributed by atoms with Crippen molar-refractivity contribution in [2.45, 2.75) is 78.6 Å². The second-order valence-corrected chi connectivity index (χ2v) is 9.04. The van der Waals surface area contributed by atoms with Crippen molar-refractivity contribution in [3.05, 3.63) is 82.0 Å². The van der Waals surface area contributed by atoms with Gasteiger partial charge in [0.15, 0.2) is 11.5 Å². The van der Waals surface area contributed by atoms with Crippen molar-refractivity contribution >= 4 is 5.97 Å². The van der Waals surface area contributed by atoms with Crippen molar-refractivity contribution in [1.82, 2.24) is 0 Å². The number of unbranched alkanes of at least 4 members (excludes halogenated alkanes) is 3. The second kappa shape index (κ2) is 13.5. The highest BCUT2D eigenvalue weighted by Gasteiger charge is 2.20. The molecule has 0 aromatic heterocycles. The molecule has 3 N–H and O–H groups in total. The minimum atomic E-state index is -1.08. The lowest BCUT2D eigenvalue weighted by Crippen LogP contribution is -2.05. The van der Waals surface area contributed by atoms with Gasteiger partial charge in [0.05, 0.1) is 5.56 Å². The van der Waals surface area contributed by atoms with Crippen LogP contribution in [0.25, 0.3) is 0 Å². The van der Waals surface area contributed by atoms with E-state index in [4.69, 9.17) is 0 Å². The van der Waals surface area contributed by atoms with Crippen LogP contribution in [0, 0.1) is 0 Å². The van der Waals surface area contributed by atoms with Gasteiger partial charge < -0.3 is 15.3 Å². The molecule has 0 spiro atoms. The number of rotatable bonds is 13. The van der Waals surface area contributed by atoms with Gasteiger partial charge in [0.25, 0.3) is 0 Å². The molecule has 4 nitrogen and oxygen atoms in total. The van der Waals surface area contributed by atoms with Crippen LogP contribution in [0.3, 0.4) is 0 Å². The van der Waals surface area contributed by atoms with Crippen LogP contribution in [-0.4, -0.2) is 21.3 Å². The summed E-state index contributed by atoms with van der Waals surface area (Å²) in [5.41, 5.74) is 4.57. The minimum Gasteiger partial charge on any atom is -0.504 e. The molecule has 0 saturated carbocycles. The first-order valence-corrected chi connectivity index (χ1v) is 11.9. The average molecular weight is 451 g/mol. The van der Waals surface area contributed by atoms with Crippen LogP contribution in [0.1, 0.15) is 86.3 Å². The van der Waals surface area contributed by atoms with Crippen LogP contribution in [0.2, 0.25) is 0 Å². The summed E-state index contributed by atoms with van der Waals surface area (Å²) in [6.07, 6.45) is 11.8. The van der Waals surface area contributed by atoms with Crippen molar-refractivity contribution in [3.8, 4) is 11.5 Å². The Morgan fingerprint density at radius 2 is 1.55 bits per heavy atom. The summed E-state index contributed by atoms with van der Waals surface area (Å²) in [4.78, 5) is 11.9. The zero-order valence-electron chi connectivity index (χ0n) is 20.2. The van der Waals surface area contributed by atoms with E-state index in [1.54, 1.807) is 0 Å². The summed E-state index contributed by atoms with van der Waals surface area (Å²) < 4.78 is 0. The van der Waals surface area contributed by atoms with E-state index >= 15 is 0 Å². The number of hydrogen-bond donors (Lipinski definition) is 3. The number of hydrogen-bond acceptors (Lipinski definition) is 3. The van der Waals surface area contributed by atoms with Crippen LogP contribution in [-0.2, 0) is 19.3 Å². The van der Waals surface area contributed by atoms with E-state index in [1.165, 1.54) is 17.2 Å². The molecule has 2 aromatic rings. The van der Waals surface area contributed by atoms with Crippen molar-refractivity contribution in [2.24, 2.45) is 0 Å². The number of aromatic hydroxyl groups is 2. The molecule has 2 aromatic carbocycles. The molecule has 4 heteroatoms.